The SMILES string of the molecule is CC(SCCS(=O)(=O)O)c1ccc2c(c1)OCO2.[H-].[Na+]. The molecule has 1 heterocycles. The van der Waals surface area contributed by atoms with Crippen molar-refractivity contribution in [3.05, 3.63) is 23.8 Å². The average molecular weight is 314 g/mol. The number of fused-ring (bicyclic) bond motifs is 1. The van der Waals surface area contributed by atoms with E-state index in [0.29, 0.717) is 5.75 Å². The molecule has 1 aliphatic heterocycles. The van der Waals surface area contributed by atoms with Gasteiger partial charge < -0.3 is 10.9 Å². The molecule has 0 saturated carbocycles. The predicted octanol–water partition coefficient (Wildman–Crippen LogP) is -0.786. The molecule has 102 valence electrons. The topological polar surface area (TPSA) is 72.8 Å². The Morgan fingerprint density at radius 2 is 2.11 bits per heavy atom. The van der Waals surface area contributed by atoms with Gasteiger partial charge in [0.15, 0.2) is 11.5 Å². The smallest absolute Gasteiger partial charge is 1.00 e. The first-order valence-corrected chi connectivity index (χ1v) is 8.08. The van der Waals surface area contributed by atoms with Crippen molar-refractivity contribution in [2.75, 3.05) is 18.3 Å². The number of hydrogen-bond acceptors (Lipinski definition) is 5. The summed E-state index contributed by atoms with van der Waals surface area (Å²) in [4.78, 5) is 0. The van der Waals surface area contributed by atoms with Crippen molar-refractivity contribution in [3.63, 3.8) is 0 Å². The normalized spacial score (nSPS) is 14.8. The molecule has 2 rings (SSSR count). The van der Waals surface area contributed by atoms with Crippen molar-refractivity contribution in [3.8, 4) is 11.5 Å². The van der Waals surface area contributed by atoms with E-state index in [1.165, 1.54) is 11.8 Å². The monoisotopic (exact) mass is 314 g/mol. The Balaban J connectivity index is 0.00000180. The Labute approximate surface area is 140 Å². The van der Waals surface area contributed by atoms with Crippen molar-refractivity contribution >= 4 is 21.9 Å². The number of thioether (sulfide) groups is 1. The summed E-state index contributed by atoms with van der Waals surface area (Å²) in [5.41, 5.74) is 1.04. The summed E-state index contributed by atoms with van der Waals surface area (Å²) in [5, 5.41) is 0.126. The molecule has 0 saturated heterocycles. The molecule has 1 N–H and O–H groups in total. The third kappa shape index (κ3) is 5.17. The van der Waals surface area contributed by atoms with Crippen molar-refractivity contribution in [2.24, 2.45) is 0 Å². The Kier molecular flexibility index (Phi) is 6.49. The molecule has 5 nitrogen and oxygen atoms in total. The standard InChI is InChI=1S/C11H14O5S2.Na.H/c1-8(17-4-5-18(12,13)14)9-2-3-10-11(6-9)16-7-15-10;;/h2-3,6,8H,4-5,7H2,1H3,(H,12,13,14);;/q;+1;-1. The van der Waals surface area contributed by atoms with E-state index in [-0.39, 0.29) is 48.8 Å². The summed E-state index contributed by atoms with van der Waals surface area (Å²) >= 11 is 1.47. The van der Waals surface area contributed by atoms with Gasteiger partial charge in [0.2, 0.25) is 6.79 Å². The molecule has 0 aliphatic carbocycles. The van der Waals surface area contributed by atoms with Gasteiger partial charge in [0, 0.05) is 11.0 Å². The molecule has 1 aliphatic rings. The number of benzene rings is 1. The maximum absolute atomic E-state index is 10.6. The van der Waals surface area contributed by atoms with Crippen molar-refractivity contribution in [2.45, 2.75) is 12.2 Å². The summed E-state index contributed by atoms with van der Waals surface area (Å²) < 4.78 is 40.4. The first-order chi connectivity index (χ1) is 8.46. The van der Waals surface area contributed by atoms with Crippen LogP contribution in [0.5, 0.6) is 11.5 Å². The molecule has 0 fully saturated rings. The fraction of sp³-hybridized carbons (Fsp3) is 0.455. The summed E-state index contributed by atoms with van der Waals surface area (Å²) in [6, 6.07) is 5.67. The zero-order valence-corrected chi connectivity index (χ0v) is 14.5. The fourth-order valence-corrected chi connectivity index (χ4v) is 3.51. The van der Waals surface area contributed by atoms with Crippen LogP contribution in [0.3, 0.4) is 0 Å². The van der Waals surface area contributed by atoms with Gasteiger partial charge in [-0.3, -0.25) is 4.55 Å². The number of ether oxygens (including phenoxy) is 2. The zero-order valence-electron chi connectivity index (χ0n) is 11.8. The molecular weight excluding hydrogens is 299 g/mol. The van der Waals surface area contributed by atoms with Crippen molar-refractivity contribution in [1.29, 1.82) is 0 Å². The van der Waals surface area contributed by atoms with Crippen LogP contribution in [0.4, 0.5) is 0 Å². The molecule has 8 heteroatoms. The maximum Gasteiger partial charge on any atom is 1.00 e. The van der Waals surface area contributed by atoms with Gasteiger partial charge in [0.05, 0.1) is 5.75 Å². The number of hydrogen-bond donors (Lipinski definition) is 1. The van der Waals surface area contributed by atoms with Crippen LogP contribution in [0.1, 0.15) is 19.2 Å². The summed E-state index contributed by atoms with van der Waals surface area (Å²) in [6.45, 7) is 2.22. The van der Waals surface area contributed by atoms with Crippen LogP contribution < -0.4 is 39.0 Å². The number of rotatable bonds is 5. The van der Waals surface area contributed by atoms with Crippen molar-refractivity contribution < 1.29 is 53.4 Å². The van der Waals surface area contributed by atoms with E-state index in [0.717, 1.165) is 17.1 Å². The van der Waals surface area contributed by atoms with Crippen LogP contribution >= 0.6 is 11.8 Å². The summed E-state index contributed by atoms with van der Waals surface area (Å²) in [6.07, 6.45) is 0. The van der Waals surface area contributed by atoms with E-state index < -0.39 is 10.1 Å². The van der Waals surface area contributed by atoms with Gasteiger partial charge in [-0.15, -0.1) is 0 Å². The maximum atomic E-state index is 10.6. The average Bonchev–Trinajstić information content (AvgIpc) is 2.73. The minimum Gasteiger partial charge on any atom is -1.00 e. The molecule has 19 heavy (non-hydrogen) atoms. The fourth-order valence-electron chi connectivity index (χ4n) is 1.59. The van der Waals surface area contributed by atoms with Crippen LogP contribution in [-0.2, 0) is 10.1 Å². The second kappa shape index (κ2) is 7.19. The van der Waals surface area contributed by atoms with Crippen LogP contribution in [0.2, 0.25) is 0 Å². The summed E-state index contributed by atoms with van der Waals surface area (Å²) in [7, 11) is -3.88. The Morgan fingerprint density at radius 3 is 2.79 bits per heavy atom. The van der Waals surface area contributed by atoms with E-state index in [1.54, 1.807) is 0 Å². The zero-order chi connectivity index (χ0) is 13.2. The predicted molar refractivity (Wildman–Crippen MR) is 71.0 cm³/mol. The molecule has 0 aromatic heterocycles. The third-order valence-corrected chi connectivity index (χ3v) is 4.77. The summed E-state index contributed by atoms with van der Waals surface area (Å²) in [5.74, 6) is 1.57. The second-order valence-electron chi connectivity index (χ2n) is 3.91. The second-order valence-corrected chi connectivity index (χ2v) is 6.93. The van der Waals surface area contributed by atoms with Crippen molar-refractivity contribution in [1.82, 2.24) is 0 Å². The van der Waals surface area contributed by atoms with Gasteiger partial charge in [-0.1, -0.05) is 6.07 Å². The van der Waals surface area contributed by atoms with E-state index >= 15 is 0 Å². The van der Waals surface area contributed by atoms with E-state index in [4.69, 9.17) is 14.0 Å². The molecule has 1 aromatic rings. The van der Waals surface area contributed by atoms with Gasteiger partial charge in [0.1, 0.15) is 0 Å². The molecule has 1 aromatic carbocycles. The minimum absolute atomic E-state index is 0. The van der Waals surface area contributed by atoms with Gasteiger partial charge in [0.25, 0.3) is 10.1 Å². The van der Waals surface area contributed by atoms with Gasteiger partial charge in [-0.25, -0.2) is 0 Å². The van der Waals surface area contributed by atoms with Gasteiger partial charge >= 0.3 is 29.6 Å². The van der Waals surface area contributed by atoms with Gasteiger partial charge in [-0.05, 0) is 24.6 Å². The van der Waals surface area contributed by atoms with Crippen LogP contribution in [0.25, 0.3) is 0 Å². The molecule has 1 atom stereocenters. The van der Waals surface area contributed by atoms with E-state index in [1.807, 2.05) is 25.1 Å². The van der Waals surface area contributed by atoms with E-state index in [9.17, 15) is 8.42 Å². The molecule has 0 bridgehead atoms. The van der Waals surface area contributed by atoms with Crippen LogP contribution in [0, 0.1) is 0 Å². The van der Waals surface area contributed by atoms with Crippen LogP contribution in [0.15, 0.2) is 18.2 Å². The molecule has 1 unspecified atom stereocenters. The molecule has 0 spiro atoms. The molecular formula is C11H15NaO5S2. The van der Waals surface area contributed by atoms with Crippen LogP contribution in [-0.4, -0.2) is 31.3 Å². The largest absolute Gasteiger partial charge is 1.00 e. The van der Waals surface area contributed by atoms with E-state index in [2.05, 4.69) is 0 Å². The molecule has 0 radical (unpaired) electrons. The first-order valence-electron chi connectivity index (χ1n) is 5.42. The third-order valence-electron chi connectivity index (χ3n) is 2.58. The quantitative estimate of drug-likeness (QED) is 0.567. The Morgan fingerprint density at radius 1 is 1.42 bits per heavy atom. The van der Waals surface area contributed by atoms with Gasteiger partial charge in [-0.2, -0.15) is 20.2 Å². The first kappa shape index (κ1) is 17.1. The Bertz CT molecular complexity index is 538. The Hall–Kier alpha value is 0.0800. The molecule has 0 amide bonds. The minimum atomic E-state index is -3.88.